The maximum atomic E-state index is 11.3. The van der Waals surface area contributed by atoms with E-state index in [4.69, 9.17) is 10.8 Å². The minimum atomic E-state index is -0.990. The second kappa shape index (κ2) is 2.85. The van der Waals surface area contributed by atoms with E-state index in [9.17, 15) is 9.59 Å². The molecule has 3 atom stereocenters. The summed E-state index contributed by atoms with van der Waals surface area (Å²) in [6.07, 6.45) is 1.61. The van der Waals surface area contributed by atoms with Crippen LogP contribution in [0.15, 0.2) is 11.6 Å². The van der Waals surface area contributed by atoms with E-state index < -0.39 is 17.9 Å². The Balaban J connectivity index is 2.27. The highest BCUT2D eigenvalue weighted by molar-refractivity contribution is 8.00. The molecule has 0 amide bonds. The highest BCUT2D eigenvalue weighted by Crippen LogP contribution is 2.41. The van der Waals surface area contributed by atoms with Crippen LogP contribution in [0.1, 0.15) is 0 Å². The smallest absolute Gasteiger partial charge is 0.332 e. The molecule has 2 aliphatic rings. The maximum Gasteiger partial charge on any atom is 0.332 e. The zero-order chi connectivity index (χ0) is 9.59. The number of carboxylic acid groups (broad SMARTS) is 1. The maximum absolute atomic E-state index is 11.3. The molecule has 1 heterocycles. The second-order valence-electron chi connectivity index (χ2n) is 3.17. The van der Waals surface area contributed by atoms with Crippen LogP contribution in [-0.4, -0.2) is 33.9 Å². The van der Waals surface area contributed by atoms with Crippen LogP contribution < -0.4 is 5.73 Å². The molecular formula is C8H9NO3S. The molecule has 4 nitrogen and oxygen atoms in total. The molecule has 0 aromatic rings. The Morgan fingerprint density at radius 3 is 3.00 bits per heavy atom. The van der Waals surface area contributed by atoms with Crippen molar-refractivity contribution >= 4 is 23.5 Å². The van der Waals surface area contributed by atoms with Crippen LogP contribution in [-0.2, 0) is 9.59 Å². The van der Waals surface area contributed by atoms with Crippen LogP contribution in [0.25, 0.3) is 0 Å². The molecule has 5 heteroatoms. The number of rotatable bonds is 1. The molecule has 0 saturated heterocycles. The molecule has 1 aliphatic carbocycles. The number of fused-ring (bicyclic) bond motifs is 1. The fraction of sp³-hybridized carbons (Fsp3) is 0.500. The molecule has 0 spiro atoms. The number of aliphatic carboxylic acids is 1. The Bertz CT molecular complexity index is 313. The van der Waals surface area contributed by atoms with Gasteiger partial charge in [0.2, 0.25) is 0 Å². The molecule has 1 fully saturated rings. The summed E-state index contributed by atoms with van der Waals surface area (Å²) in [4.78, 5) is 22.0. The lowest BCUT2D eigenvalue weighted by atomic mass is 9.73. The van der Waals surface area contributed by atoms with E-state index in [1.54, 1.807) is 17.8 Å². The van der Waals surface area contributed by atoms with Gasteiger partial charge in [0.05, 0.1) is 12.0 Å². The average Bonchev–Trinajstić information content (AvgIpc) is 2.15. The van der Waals surface area contributed by atoms with Crippen LogP contribution in [0.5, 0.6) is 0 Å². The number of nitrogens with two attached hydrogens (primary N) is 1. The standard InChI is InChI=1S/C8H9NO3S/c9-5-6(10)4-3(8(11)12)1-2-13-7(4)5/h1,4-5,7H,2,9H2,(H,11,12)/t4-,5-,7+/m1/s1. The molecule has 2 rings (SSSR count). The van der Waals surface area contributed by atoms with Gasteiger partial charge in [0.1, 0.15) is 0 Å². The van der Waals surface area contributed by atoms with Crippen molar-refractivity contribution in [3.8, 4) is 0 Å². The van der Waals surface area contributed by atoms with E-state index in [1.165, 1.54) is 0 Å². The summed E-state index contributed by atoms with van der Waals surface area (Å²) >= 11 is 1.56. The summed E-state index contributed by atoms with van der Waals surface area (Å²) in [6, 6.07) is -0.460. The summed E-state index contributed by atoms with van der Waals surface area (Å²) in [5.41, 5.74) is 5.78. The van der Waals surface area contributed by atoms with Gasteiger partial charge >= 0.3 is 5.97 Å². The Morgan fingerprint density at radius 2 is 2.38 bits per heavy atom. The van der Waals surface area contributed by atoms with E-state index in [2.05, 4.69) is 0 Å². The molecular weight excluding hydrogens is 190 g/mol. The van der Waals surface area contributed by atoms with Crippen molar-refractivity contribution < 1.29 is 14.7 Å². The molecule has 0 radical (unpaired) electrons. The molecule has 1 saturated carbocycles. The van der Waals surface area contributed by atoms with E-state index in [1.807, 2.05) is 0 Å². The summed E-state index contributed by atoms with van der Waals surface area (Å²) in [5, 5.41) is 8.78. The minimum Gasteiger partial charge on any atom is -0.478 e. The molecule has 70 valence electrons. The summed E-state index contributed by atoms with van der Waals surface area (Å²) in [7, 11) is 0. The van der Waals surface area contributed by atoms with Crippen LogP contribution in [0.4, 0.5) is 0 Å². The Labute approximate surface area is 79.2 Å². The van der Waals surface area contributed by atoms with Gasteiger partial charge in [0.15, 0.2) is 5.78 Å². The lowest BCUT2D eigenvalue weighted by molar-refractivity contribution is -0.137. The molecule has 0 aromatic carbocycles. The van der Waals surface area contributed by atoms with Crippen LogP contribution in [0.2, 0.25) is 0 Å². The molecule has 0 aromatic heterocycles. The molecule has 1 aliphatic heterocycles. The van der Waals surface area contributed by atoms with Gasteiger partial charge < -0.3 is 10.8 Å². The van der Waals surface area contributed by atoms with Crippen molar-refractivity contribution in [3.05, 3.63) is 11.6 Å². The van der Waals surface area contributed by atoms with Crippen molar-refractivity contribution in [1.82, 2.24) is 0 Å². The van der Waals surface area contributed by atoms with E-state index in [0.717, 1.165) is 0 Å². The number of ketones is 1. The summed E-state index contributed by atoms with van der Waals surface area (Å²) in [5.74, 6) is -0.934. The lowest BCUT2D eigenvalue weighted by Gasteiger charge is -2.42. The Morgan fingerprint density at radius 1 is 1.69 bits per heavy atom. The number of hydrogen-bond donors (Lipinski definition) is 2. The van der Waals surface area contributed by atoms with Gasteiger partial charge in [-0.2, -0.15) is 11.8 Å². The van der Waals surface area contributed by atoms with Gasteiger partial charge in [-0.05, 0) is 0 Å². The van der Waals surface area contributed by atoms with Crippen molar-refractivity contribution in [3.63, 3.8) is 0 Å². The number of hydrogen-bond acceptors (Lipinski definition) is 4. The van der Waals surface area contributed by atoms with Crippen molar-refractivity contribution in [2.75, 3.05) is 5.75 Å². The van der Waals surface area contributed by atoms with E-state index in [-0.39, 0.29) is 16.6 Å². The fourth-order valence-electron chi connectivity index (χ4n) is 1.75. The SMILES string of the molecule is N[C@@H]1C(=O)[C@H]2C(C(=O)O)=CCS[C@@H]21. The minimum absolute atomic E-state index is 0.0106. The highest BCUT2D eigenvalue weighted by atomic mass is 32.2. The quantitative estimate of drug-likeness (QED) is 0.602. The number of carboxylic acids is 1. The second-order valence-corrected chi connectivity index (χ2v) is 4.38. The highest BCUT2D eigenvalue weighted by Gasteiger charge is 2.52. The van der Waals surface area contributed by atoms with E-state index in [0.29, 0.717) is 5.75 Å². The fourth-order valence-corrected chi connectivity index (χ4v) is 3.06. The van der Waals surface area contributed by atoms with Gasteiger partial charge in [0, 0.05) is 16.6 Å². The zero-order valence-electron chi connectivity index (χ0n) is 6.77. The van der Waals surface area contributed by atoms with Crippen LogP contribution in [0.3, 0.4) is 0 Å². The summed E-state index contributed by atoms with van der Waals surface area (Å²) < 4.78 is 0. The van der Waals surface area contributed by atoms with Gasteiger partial charge in [-0.25, -0.2) is 4.79 Å². The number of Topliss-reactive ketones (excluding diaryl/α,β-unsaturated/α-hetero) is 1. The van der Waals surface area contributed by atoms with Gasteiger partial charge in [-0.3, -0.25) is 4.79 Å². The largest absolute Gasteiger partial charge is 0.478 e. The van der Waals surface area contributed by atoms with Gasteiger partial charge in [-0.15, -0.1) is 0 Å². The van der Waals surface area contributed by atoms with Gasteiger partial charge in [0.25, 0.3) is 0 Å². The van der Waals surface area contributed by atoms with Crippen LogP contribution in [0, 0.1) is 5.92 Å². The predicted molar refractivity (Wildman–Crippen MR) is 48.4 cm³/mol. The third kappa shape index (κ3) is 1.11. The molecule has 0 bridgehead atoms. The number of carbonyl (C=O) groups excluding carboxylic acids is 1. The Hall–Kier alpha value is -0.810. The normalized spacial score (nSPS) is 37.5. The number of thioether (sulfide) groups is 1. The Kier molecular flexibility index (Phi) is 1.92. The third-order valence-corrected chi connectivity index (χ3v) is 3.80. The van der Waals surface area contributed by atoms with E-state index >= 15 is 0 Å². The first-order valence-corrected chi connectivity index (χ1v) is 5.02. The van der Waals surface area contributed by atoms with Crippen LogP contribution >= 0.6 is 11.8 Å². The first-order valence-electron chi connectivity index (χ1n) is 3.97. The van der Waals surface area contributed by atoms with Crippen molar-refractivity contribution in [2.45, 2.75) is 11.3 Å². The number of carbonyl (C=O) groups is 2. The average molecular weight is 199 g/mol. The monoisotopic (exact) mass is 199 g/mol. The topological polar surface area (TPSA) is 80.4 Å². The lowest BCUT2D eigenvalue weighted by Crippen LogP contribution is -2.61. The molecule has 0 unspecified atom stereocenters. The predicted octanol–water partition coefficient (Wildman–Crippen LogP) is -0.361. The van der Waals surface area contributed by atoms with Gasteiger partial charge in [-0.1, -0.05) is 6.08 Å². The third-order valence-electron chi connectivity index (χ3n) is 2.49. The van der Waals surface area contributed by atoms with Crippen molar-refractivity contribution in [2.24, 2.45) is 11.7 Å². The molecule has 3 N–H and O–H groups in total. The zero-order valence-corrected chi connectivity index (χ0v) is 7.58. The molecule has 13 heavy (non-hydrogen) atoms. The van der Waals surface area contributed by atoms with Crippen molar-refractivity contribution in [1.29, 1.82) is 0 Å². The summed E-state index contributed by atoms with van der Waals surface area (Å²) in [6.45, 7) is 0. The first kappa shape index (κ1) is 8.77. The first-order chi connectivity index (χ1) is 6.13.